The van der Waals surface area contributed by atoms with E-state index in [2.05, 4.69) is 74.8 Å². The van der Waals surface area contributed by atoms with E-state index < -0.39 is 0 Å². The Morgan fingerprint density at radius 3 is 2.23 bits per heavy atom. The summed E-state index contributed by atoms with van der Waals surface area (Å²) in [4.78, 5) is 12.6. The largest absolute Gasteiger partial charge is 0.356 e. The van der Waals surface area contributed by atoms with Gasteiger partial charge in [-0.05, 0) is 29.5 Å². The molecule has 0 amide bonds. The number of nitrogens with zero attached hydrogens (tertiary/aromatic N) is 3. The van der Waals surface area contributed by atoms with E-state index in [1.807, 2.05) is 0 Å². The molecule has 1 fully saturated rings. The third-order valence-electron chi connectivity index (χ3n) is 5.06. The van der Waals surface area contributed by atoms with E-state index in [1.165, 1.54) is 40.5 Å². The van der Waals surface area contributed by atoms with Gasteiger partial charge in [0.15, 0.2) is 0 Å². The van der Waals surface area contributed by atoms with Crippen LogP contribution < -0.4 is 4.90 Å². The summed E-state index contributed by atoms with van der Waals surface area (Å²) < 4.78 is 0. The Labute approximate surface area is 157 Å². The molecule has 1 aliphatic heterocycles. The molecule has 0 saturated carbocycles. The number of aromatic nitrogens is 2. The van der Waals surface area contributed by atoms with Crippen LogP contribution in [0.25, 0.3) is 32.5 Å². The number of anilines is 1. The van der Waals surface area contributed by atoms with Gasteiger partial charge in [0.25, 0.3) is 0 Å². The Hall–Kier alpha value is -2.72. The first-order valence-corrected chi connectivity index (χ1v) is 9.91. The fraction of sp³-hybridized carbons (Fsp3) is 0.182. The Morgan fingerprint density at radius 2 is 1.46 bits per heavy atom. The van der Waals surface area contributed by atoms with Crippen LogP contribution >= 0.6 is 11.3 Å². The molecule has 4 aromatic rings. The average Bonchev–Trinajstić information content (AvgIpc) is 3.39. The van der Waals surface area contributed by atoms with Gasteiger partial charge in [-0.2, -0.15) is 0 Å². The van der Waals surface area contributed by atoms with Crippen LogP contribution in [-0.4, -0.2) is 23.1 Å². The van der Waals surface area contributed by atoms with Crippen molar-refractivity contribution in [1.29, 1.82) is 0 Å². The first-order chi connectivity index (χ1) is 12.9. The normalized spacial score (nSPS) is 14.2. The second-order valence-corrected chi connectivity index (χ2v) is 7.52. The number of rotatable bonds is 3. The zero-order valence-corrected chi connectivity index (χ0v) is 15.2. The molecule has 3 heterocycles. The molecular formula is C22H19N3S. The minimum atomic E-state index is 1.07. The van der Waals surface area contributed by atoms with Crippen molar-refractivity contribution in [3.63, 3.8) is 0 Å². The summed E-state index contributed by atoms with van der Waals surface area (Å²) in [6, 6.07) is 19.3. The quantitative estimate of drug-likeness (QED) is 0.476. The summed E-state index contributed by atoms with van der Waals surface area (Å²) >= 11 is 1.70. The van der Waals surface area contributed by atoms with Crippen molar-refractivity contribution in [3.8, 4) is 22.3 Å². The summed E-state index contributed by atoms with van der Waals surface area (Å²) in [6.07, 6.45) is 4.20. The van der Waals surface area contributed by atoms with E-state index in [4.69, 9.17) is 0 Å². The van der Waals surface area contributed by atoms with Crippen LogP contribution in [0.3, 0.4) is 0 Å². The van der Waals surface area contributed by atoms with Crippen LogP contribution in [0.1, 0.15) is 12.8 Å². The van der Waals surface area contributed by atoms with Crippen molar-refractivity contribution < 1.29 is 0 Å². The van der Waals surface area contributed by atoms with Crippen molar-refractivity contribution in [2.24, 2.45) is 0 Å². The molecule has 26 heavy (non-hydrogen) atoms. The third-order valence-corrected chi connectivity index (χ3v) is 5.95. The maximum absolute atomic E-state index is 4.63. The monoisotopic (exact) mass is 357 g/mol. The van der Waals surface area contributed by atoms with Crippen molar-refractivity contribution in [2.45, 2.75) is 12.8 Å². The minimum absolute atomic E-state index is 1.07. The molecule has 0 bridgehead atoms. The summed E-state index contributed by atoms with van der Waals surface area (Å²) in [6.45, 7) is 2.18. The van der Waals surface area contributed by atoms with E-state index in [0.29, 0.717) is 0 Å². The van der Waals surface area contributed by atoms with Gasteiger partial charge in [0.1, 0.15) is 17.0 Å². The van der Waals surface area contributed by atoms with Crippen LogP contribution in [0.2, 0.25) is 0 Å². The number of hydrogen-bond acceptors (Lipinski definition) is 4. The van der Waals surface area contributed by atoms with Gasteiger partial charge in [-0.15, -0.1) is 11.3 Å². The first kappa shape index (κ1) is 15.5. The van der Waals surface area contributed by atoms with Gasteiger partial charge in [-0.25, -0.2) is 9.97 Å². The molecule has 0 unspecified atom stereocenters. The Kier molecular flexibility index (Phi) is 3.91. The van der Waals surface area contributed by atoms with Crippen LogP contribution in [0.15, 0.2) is 66.3 Å². The van der Waals surface area contributed by atoms with Crippen LogP contribution in [0.5, 0.6) is 0 Å². The molecule has 0 spiro atoms. The molecule has 1 aliphatic rings. The molecule has 5 rings (SSSR count). The first-order valence-electron chi connectivity index (χ1n) is 9.03. The zero-order chi connectivity index (χ0) is 17.3. The fourth-order valence-corrected chi connectivity index (χ4v) is 4.62. The lowest BCUT2D eigenvalue weighted by atomic mass is 10.0. The molecule has 1 saturated heterocycles. The minimum Gasteiger partial charge on any atom is -0.356 e. The third kappa shape index (κ3) is 2.67. The van der Waals surface area contributed by atoms with E-state index in [-0.39, 0.29) is 0 Å². The van der Waals surface area contributed by atoms with Gasteiger partial charge >= 0.3 is 0 Å². The summed E-state index contributed by atoms with van der Waals surface area (Å²) in [7, 11) is 0. The van der Waals surface area contributed by atoms with E-state index in [1.54, 1.807) is 17.7 Å². The van der Waals surface area contributed by atoms with Gasteiger partial charge in [0.05, 0.1) is 5.39 Å². The lowest BCUT2D eigenvalue weighted by molar-refractivity contribution is 0.940. The standard InChI is InChI=1S/C22H19N3S/c1-2-6-16(7-3-1)17-8-10-18(11-9-17)19-14-26-22-20(19)21(23-15-24-22)25-12-4-5-13-25/h1-3,6-11,14-15H,4-5,12-13H2. The molecule has 3 nitrogen and oxygen atoms in total. The van der Waals surface area contributed by atoms with Gasteiger partial charge in [0, 0.05) is 24.0 Å². The molecule has 4 heteroatoms. The predicted octanol–water partition coefficient (Wildman–Crippen LogP) is 5.63. The van der Waals surface area contributed by atoms with Gasteiger partial charge in [-0.3, -0.25) is 0 Å². The topological polar surface area (TPSA) is 29.0 Å². The Morgan fingerprint density at radius 1 is 0.769 bits per heavy atom. The van der Waals surface area contributed by atoms with Crippen LogP contribution in [-0.2, 0) is 0 Å². The van der Waals surface area contributed by atoms with Crippen molar-refractivity contribution >= 4 is 27.4 Å². The summed E-state index contributed by atoms with van der Waals surface area (Å²) in [5.74, 6) is 1.09. The molecule has 128 valence electrons. The molecule has 0 aliphatic carbocycles. The Bertz CT molecular complexity index is 1030. The van der Waals surface area contributed by atoms with Gasteiger partial charge < -0.3 is 4.90 Å². The van der Waals surface area contributed by atoms with Crippen LogP contribution in [0, 0.1) is 0 Å². The highest BCUT2D eigenvalue weighted by atomic mass is 32.1. The van der Waals surface area contributed by atoms with Crippen molar-refractivity contribution in [2.75, 3.05) is 18.0 Å². The summed E-state index contributed by atoms with van der Waals surface area (Å²) in [5.41, 5.74) is 4.96. The lowest BCUT2D eigenvalue weighted by Gasteiger charge is -2.17. The second-order valence-electron chi connectivity index (χ2n) is 6.66. The molecular weight excluding hydrogens is 338 g/mol. The van der Waals surface area contributed by atoms with E-state index in [9.17, 15) is 0 Å². The highest BCUT2D eigenvalue weighted by Crippen LogP contribution is 2.39. The number of benzene rings is 2. The van der Waals surface area contributed by atoms with E-state index in [0.717, 1.165) is 23.7 Å². The molecule has 2 aromatic heterocycles. The molecule has 0 N–H and O–H groups in total. The van der Waals surface area contributed by atoms with E-state index >= 15 is 0 Å². The Balaban J connectivity index is 1.59. The maximum atomic E-state index is 4.63. The average molecular weight is 357 g/mol. The lowest BCUT2D eigenvalue weighted by Crippen LogP contribution is -2.19. The SMILES string of the molecule is c1ccc(-c2ccc(-c3csc4ncnc(N5CCCC5)c34)cc2)cc1. The highest BCUT2D eigenvalue weighted by Gasteiger charge is 2.20. The fourth-order valence-electron chi connectivity index (χ4n) is 3.71. The molecule has 0 atom stereocenters. The number of hydrogen-bond donors (Lipinski definition) is 0. The summed E-state index contributed by atoms with van der Waals surface area (Å²) in [5, 5.41) is 3.42. The molecule has 0 radical (unpaired) electrons. The maximum Gasteiger partial charge on any atom is 0.141 e. The van der Waals surface area contributed by atoms with Crippen molar-refractivity contribution in [1.82, 2.24) is 9.97 Å². The van der Waals surface area contributed by atoms with Crippen molar-refractivity contribution in [3.05, 3.63) is 66.3 Å². The van der Waals surface area contributed by atoms with Gasteiger partial charge in [0.2, 0.25) is 0 Å². The van der Waals surface area contributed by atoms with Crippen LogP contribution in [0.4, 0.5) is 5.82 Å². The number of thiophene rings is 1. The zero-order valence-electron chi connectivity index (χ0n) is 14.4. The van der Waals surface area contributed by atoms with Gasteiger partial charge in [-0.1, -0.05) is 54.6 Å². The number of fused-ring (bicyclic) bond motifs is 1. The smallest absolute Gasteiger partial charge is 0.141 e. The predicted molar refractivity (Wildman–Crippen MR) is 110 cm³/mol. The highest BCUT2D eigenvalue weighted by molar-refractivity contribution is 7.17. The second kappa shape index (κ2) is 6.54. The molecule has 2 aromatic carbocycles.